The quantitative estimate of drug-likeness (QED) is 0.702. The Labute approximate surface area is 171 Å². The smallest absolute Gasteiger partial charge is 0.255 e. The minimum Gasteiger partial charge on any atom is -0.338 e. The average molecular weight is 387 g/mol. The summed E-state index contributed by atoms with van der Waals surface area (Å²) >= 11 is 0. The van der Waals surface area contributed by atoms with Crippen molar-refractivity contribution in [2.24, 2.45) is 0 Å². The lowest BCUT2D eigenvalue weighted by molar-refractivity contribution is -0.128. The number of anilines is 1. The molecule has 0 radical (unpaired) electrons. The second-order valence-electron chi connectivity index (χ2n) is 7.57. The molecule has 0 spiro atoms. The van der Waals surface area contributed by atoms with Gasteiger partial charge in [0.1, 0.15) is 0 Å². The topological polar surface area (TPSA) is 54.3 Å². The molecule has 1 N–H and O–H groups in total. The summed E-state index contributed by atoms with van der Waals surface area (Å²) in [5, 5.41) is 2.95. The number of hydrogen-bond donors (Lipinski definition) is 1. The van der Waals surface area contributed by atoms with Gasteiger partial charge in [0.2, 0.25) is 5.91 Å². The summed E-state index contributed by atoms with van der Waals surface area (Å²) in [6, 6.07) is 19.5. The summed E-state index contributed by atoms with van der Waals surface area (Å²) in [6.45, 7) is 5.58. The molecule has 0 saturated carbocycles. The minimum atomic E-state index is -0.144. The van der Waals surface area contributed by atoms with Crippen LogP contribution in [0.3, 0.4) is 0 Å². The molecule has 1 saturated heterocycles. The molecule has 148 valence electrons. The highest BCUT2D eigenvalue weighted by atomic mass is 16.2. The van der Waals surface area contributed by atoms with E-state index in [9.17, 15) is 9.59 Å². The van der Waals surface area contributed by atoms with E-state index in [1.54, 1.807) is 0 Å². The molecule has 2 heterocycles. The third-order valence-corrected chi connectivity index (χ3v) is 5.42. The van der Waals surface area contributed by atoms with Crippen molar-refractivity contribution in [1.82, 2.24) is 9.47 Å². The molecule has 3 aromatic rings. The summed E-state index contributed by atoms with van der Waals surface area (Å²) in [6.07, 6.45) is 1.57. The Balaban J connectivity index is 1.40. The molecule has 1 fully saturated rings. The number of likely N-dealkylation sites (tertiary alicyclic amines) is 1. The largest absolute Gasteiger partial charge is 0.338 e. The van der Waals surface area contributed by atoms with Crippen LogP contribution in [-0.2, 0) is 11.3 Å². The molecule has 5 heteroatoms. The summed E-state index contributed by atoms with van der Waals surface area (Å²) in [7, 11) is 0. The minimum absolute atomic E-state index is 0.144. The summed E-state index contributed by atoms with van der Waals surface area (Å²) in [5.74, 6) is 0.0652. The highest BCUT2D eigenvalue weighted by molar-refractivity contribution is 6.04. The van der Waals surface area contributed by atoms with Gasteiger partial charge in [-0.3, -0.25) is 9.59 Å². The van der Waals surface area contributed by atoms with Crippen LogP contribution in [0.1, 0.15) is 40.2 Å². The lowest BCUT2D eigenvalue weighted by Gasteiger charge is -2.15. The van der Waals surface area contributed by atoms with E-state index >= 15 is 0 Å². The van der Waals surface area contributed by atoms with E-state index in [4.69, 9.17) is 0 Å². The van der Waals surface area contributed by atoms with Crippen molar-refractivity contribution in [2.75, 3.05) is 11.9 Å². The van der Waals surface area contributed by atoms with Gasteiger partial charge in [-0.15, -0.1) is 0 Å². The highest BCUT2D eigenvalue weighted by Crippen LogP contribution is 2.19. The van der Waals surface area contributed by atoms with Crippen molar-refractivity contribution >= 4 is 17.5 Å². The fourth-order valence-corrected chi connectivity index (χ4v) is 3.83. The maximum Gasteiger partial charge on any atom is 0.255 e. The fraction of sp³-hybridized carbons (Fsp3) is 0.250. The predicted molar refractivity (Wildman–Crippen MR) is 114 cm³/mol. The lowest BCUT2D eigenvalue weighted by atomic mass is 10.1. The van der Waals surface area contributed by atoms with Gasteiger partial charge < -0.3 is 14.8 Å². The van der Waals surface area contributed by atoms with Gasteiger partial charge in [0.25, 0.3) is 5.91 Å². The van der Waals surface area contributed by atoms with Gasteiger partial charge >= 0.3 is 0 Å². The molecule has 5 nitrogen and oxygen atoms in total. The standard InChI is InChI=1S/C24H25N3O2/c1-17-5-6-18(2)27(17)22-13-11-21(12-14-22)25-24(29)20-9-7-19(8-10-20)16-26-15-3-4-23(26)28/h5-14H,3-4,15-16H2,1-2H3,(H,25,29). The predicted octanol–water partition coefficient (Wildman–Crippen LogP) is 4.47. The van der Waals surface area contributed by atoms with E-state index in [1.165, 1.54) is 11.4 Å². The normalized spacial score (nSPS) is 13.7. The van der Waals surface area contributed by atoms with Crippen LogP contribution in [0.2, 0.25) is 0 Å². The second-order valence-corrected chi connectivity index (χ2v) is 7.57. The van der Waals surface area contributed by atoms with Crippen LogP contribution in [0.5, 0.6) is 0 Å². The van der Waals surface area contributed by atoms with E-state index in [0.29, 0.717) is 18.5 Å². The Kier molecular flexibility index (Phi) is 5.21. The van der Waals surface area contributed by atoms with Gasteiger partial charge in [-0.2, -0.15) is 0 Å². The summed E-state index contributed by atoms with van der Waals surface area (Å²) in [4.78, 5) is 26.2. The molecule has 1 aliphatic rings. The number of nitrogens with zero attached hydrogens (tertiary/aromatic N) is 2. The van der Waals surface area contributed by atoms with Crippen LogP contribution in [0.25, 0.3) is 5.69 Å². The van der Waals surface area contributed by atoms with E-state index in [1.807, 2.05) is 53.4 Å². The highest BCUT2D eigenvalue weighted by Gasteiger charge is 2.20. The number of carbonyl (C=O) groups is 2. The van der Waals surface area contributed by atoms with Crippen LogP contribution >= 0.6 is 0 Å². The third-order valence-electron chi connectivity index (χ3n) is 5.42. The molecule has 2 amide bonds. The van der Waals surface area contributed by atoms with Crippen LogP contribution in [-0.4, -0.2) is 27.8 Å². The number of aryl methyl sites for hydroxylation is 2. The average Bonchev–Trinajstić information content (AvgIpc) is 3.28. The maximum atomic E-state index is 12.6. The monoisotopic (exact) mass is 387 g/mol. The Hall–Kier alpha value is -3.34. The molecular weight excluding hydrogens is 362 g/mol. The number of aromatic nitrogens is 1. The third kappa shape index (κ3) is 4.09. The van der Waals surface area contributed by atoms with Gasteiger partial charge in [0.15, 0.2) is 0 Å². The Morgan fingerprint density at radius 3 is 2.17 bits per heavy atom. The van der Waals surface area contributed by atoms with E-state index in [0.717, 1.165) is 29.9 Å². The second kappa shape index (κ2) is 7.95. The molecule has 1 aromatic heterocycles. The number of amides is 2. The van der Waals surface area contributed by atoms with Crippen molar-refractivity contribution < 1.29 is 9.59 Å². The van der Waals surface area contributed by atoms with Crippen molar-refractivity contribution in [2.45, 2.75) is 33.2 Å². The van der Waals surface area contributed by atoms with E-state index in [-0.39, 0.29) is 11.8 Å². The summed E-state index contributed by atoms with van der Waals surface area (Å²) < 4.78 is 2.18. The van der Waals surface area contributed by atoms with E-state index < -0.39 is 0 Å². The first-order valence-corrected chi connectivity index (χ1v) is 9.95. The van der Waals surface area contributed by atoms with Crippen molar-refractivity contribution in [3.8, 4) is 5.69 Å². The molecule has 0 aliphatic carbocycles. The first-order valence-electron chi connectivity index (χ1n) is 9.95. The zero-order chi connectivity index (χ0) is 20.4. The Bertz CT molecular complexity index is 1010. The van der Waals surface area contributed by atoms with E-state index in [2.05, 4.69) is 35.9 Å². The molecule has 29 heavy (non-hydrogen) atoms. The first-order chi connectivity index (χ1) is 14.0. The lowest BCUT2D eigenvalue weighted by Crippen LogP contribution is -2.23. The zero-order valence-corrected chi connectivity index (χ0v) is 16.8. The number of benzene rings is 2. The first kappa shape index (κ1) is 19.0. The van der Waals surface area contributed by atoms with Crippen LogP contribution in [0.4, 0.5) is 5.69 Å². The van der Waals surface area contributed by atoms with Crippen LogP contribution in [0, 0.1) is 13.8 Å². The molecule has 0 unspecified atom stereocenters. The molecule has 0 bridgehead atoms. The van der Waals surface area contributed by atoms with Gasteiger partial charge in [0.05, 0.1) is 0 Å². The number of rotatable bonds is 5. The van der Waals surface area contributed by atoms with Gasteiger partial charge in [-0.05, 0) is 74.4 Å². The summed E-state index contributed by atoms with van der Waals surface area (Å²) in [5.41, 5.74) is 5.82. The Morgan fingerprint density at radius 2 is 1.59 bits per heavy atom. The van der Waals surface area contributed by atoms with Crippen molar-refractivity contribution in [3.05, 3.63) is 83.2 Å². The molecule has 2 aromatic carbocycles. The molecule has 0 atom stereocenters. The SMILES string of the molecule is Cc1ccc(C)n1-c1ccc(NC(=O)c2ccc(CN3CCCC3=O)cc2)cc1. The number of carbonyl (C=O) groups excluding carboxylic acids is 2. The van der Waals surface area contributed by atoms with Crippen LogP contribution in [0.15, 0.2) is 60.7 Å². The van der Waals surface area contributed by atoms with Crippen molar-refractivity contribution in [3.63, 3.8) is 0 Å². The molecule has 1 aliphatic heterocycles. The number of hydrogen-bond acceptors (Lipinski definition) is 2. The molecular formula is C24H25N3O2. The zero-order valence-electron chi connectivity index (χ0n) is 16.8. The number of nitrogens with one attached hydrogen (secondary N) is 1. The van der Waals surface area contributed by atoms with Gasteiger partial charge in [0, 0.05) is 47.8 Å². The molecule has 4 rings (SSSR count). The van der Waals surface area contributed by atoms with Gasteiger partial charge in [-0.25, -0.2) is 0 Å². The Morgan fingerprint density at radius 1 is 0.931 bits per heavy atom. The maximum absolute atomic E-state index is 12.6. The van der Waals surface area contributed by atoms with Crippen molar-refractivity contribution in [1.29, 1.82) is 0 Å². The van der Waals surface area contributed by atoms with Crippen LogP contribution < -0.4 is 5.32 Å². The fourth-order valence-electron chi connectivity index (χ4n) is 3.83. The van der Waals surface area contributed by atoms with Gasteiger partial charge in [-0.1, -0.05) is 12.1 Å².